The molecule has 0 saturated heterocycles. The van der Waals surface area contributed by atoms with Gasteiger partial charge in [-0.2, -0.15) is 0 Å². The van der Waals surface area contributed by atoms with Gasteiger partial charge >= 0.3 is 0 Å². The largest absolute Gasteiger partial charge is 0.304 e. The summed E-state index contributed by atoms with van der Waals surface area (Å²) in [6.45, 7) is 4.34. The van der Waals surface area contributed by atoms with E-state index in [1.807, 2.05) is 6.92 Å². The molecular formula is C13H14F2N2S. The van der Waals surface area contributed by atoms with Crippen LogP contribution in [0.2, 0.25) is 0 Å². The first kappa shape index (κ1) is 13.1. The Kier molecular flexibility index (Phi) is 4.04. The Balaban J connectivity index is 2.03. The van der Waals surface area contributed by atoms with E-state index in [0.717, 1.165) is 22.0 Å². The average molecular weight is 268 g/mol. The lowest BCUT2D eigenvalue weighted by Crippen LogP contribution is -2.19. The number of benzene rings is 1. The molecule has 0 fully saturated rings. The Labute approximate surface area is 109 Å². The zero-order chi connectivity index (χ0) is 13.1. The van der Waals surface area contributed by atoms with Gasteiger partial charge < -0.3 is 5.32 Å². The van der Waals surface area contributed by atoms with Crippen molar-refractivity contribution < 1.29 is 8.78 Å². The van der Waals surface area contributed by atoms with E-state index in [9.17, 15) is 8.78 Å². The maximum Gasteiger partial charge on any atom is 0.128 e. The van der Waals surface area contributed by atoms with Crippen molar-refractivity contribution in [2.45, 2.75) is 26.4 Å². The van der Waals surface area contributed by atoms with Crippen LogP contribution < -0.4 is 5.32 Å². The van der Waals surface area contributed by atoms with Crippen LogP contribution in [0.4, 0.5) is 8.78 Å². The number of rotatable bonds is 4. The van der Waals surface area contributed by atoms with Crippen LogP contribution in [0.5, 0.6) is 0 Å². The van der Waals surface area contributed by atoms with E-state index in [0.29, 0.717) is 12.1 Å². The van der Waals surface area contributed by atoms with Gasteiger partial charge in [0.2, 0.25) is 0 Å². The van der Waals surface area contributed by atoms with E-state index in [4.69, 9.17) is 0 Å². The minimum atomic E-state index is -0.426. The fourth-order valence-corrected chi connectivity index (χ4v) is 2.42. The summed E-state index contributed by atoms with van der Waals surface area (Å²) in [6, 6.07) is 3.23. The first-order valence-electron chi connectivity index (χ1n) is 5.66. The van der Waals surface area contributed by atoms with E-state index in [2.05, 4.69) is 10.3 Å². The number of hydrogen-bond donors (Lipinski definition) is 1. The number of halogens is 2. The van der Waals surface area contributed by atoms with Crippen molar-refractivity contribution in [1.29, 1.82) is 0 Å². The van der Waals surface area contributed by atoms with Gasteiger partial charge in [-0.3, -0.25) is 0 Å². The molecule has 1 atom stereocenters. The van der Waals surface area contributed by atoms with Gasteiger partial charge in [-0.05, 0) is 32.0 Å². The molecule has 0 aliphatic heterocycles. The number of hydrogen-bond acceptors (Lipinski definition) is 3. The van der Waals surface area contributed by atoms with E-state index in [-0.39, 0.29) is 6.04 Å². The third kappa shape index (κ3) is 3.11. The van der Waals surface area contributed by atoms with E-state index >= 15 is 0 Å². The molecule has 0 aliphatic rings. The molecule has 1 N–H and O–H groups in total. The number of aryl methyl sites for hydroxylation is 1. The number of aromatic nitrogens is 1. The van der Waals surface area contributed by atoms with E-state index in [1.54, 1.807) is 24.5 Å². The third-order valence-corrected chi connectivity index (χ3v) is 3.57. The molecule has 0 radical (unpaired) electrons. The van der Waals surface area contributed by atoms with Crippen LogP contribution in [0.25, 0.3) is 0 Å². The topological polar surface area (TPSA) is 24.9 Å². The van der Waals surface area contributed by atoms with Gasteiger partial charge in [0.25, 0.3) is 0 Å². The molecule has 1 aromatic heterocycles. The van der Waals surface area contributed by atoms with Gasteiger partial charge in [-0.25, -0.2) is 13.8 Å². The summed E-state index contributed by atoms with van der Waals surface area (Å²) < 4.78 is 26.6. The lowest BCUT2D eigenvalue weighted by atomic mass is 10.1. The summed E-state index contributed by atoms with van der Waals surface area (Å²) in [4.78, 5) is 5.35. The Morgan fingerprint density at radius 2 is 2.17 bits per heavy atom. The van der Waals surface area contributed by atoms with Gasteiger partial charge in [0.15, 0.2) is 0 Å². The summed E-state index contributed by atoms with van der Waals surface area (Å²) in [7, 11) is 0. The third-order valence-electron chi connectivity index (χ3n) is 2.65. The zero-order valence-electron chi connectivity index (χ0n) is 10.2. The van der Waals surface area contributed by atoms with Crippen LogP contribution in [-0.4, -0.2) is 4.98 Å². The lowest BCUT2D eigenvalue weighted by Gasteiger charge is -2.14. The normalized spacial score (nSPS) is 12.7. The predicted molar refractivity (Wildman–Crippen MR) is 68.5 cm³/mol. The summed E-state index contributed by atoms with van der Waals surface area (Å²) in [5.74, 6) is -0.822. The number of nitrogens with zero attached hydrogens (tertiary/aromatic N) is 1. The molecule has 2 aromatic rings. The van der Waals surface area contributed by atoms with Crippen LogP contribution in [0.1, 0.15) is 28.4 Å². The number of nitrogens with one attached hydrogen (secondary N) is 1. The molecule has 18 heavy (non-hydrogen) atoms. The monoisotopic (exact) mass is 268 g/mol. The van der Waals surface area contributed by atoms with Crippen molar-refractivity contribution in [3.63, 3.8) is 0 Å². The van der Waals surface area contributed by atoms with Crippen molar-refractivity contribution in [2.75, 3.05) is 0 Å². The molecule has 96 valence electrons. The second-order valence-corrected chi connectivity index (χ2v) is 5.45. The van der Waals surface area contributed by atoms with Crippen molar-refractivity contribution in [3.8, 4) is 0 Å². The van der Waals surface area contributed by atoms with Crippen molar-refractivity contribution in [1.82, 2.24) is 10.3 Å². The Bertz CT molecular complexity index is 540. The Hall–Kier alpha value is -1.33. The SMILES string of the molecule is Cc1cnc(CNC(C)c2cc(F)ccc2F)s1. The summed E-state index contributed by atoms with van der Waals surface area (Å²) in [5.41, 5.74) is 0.336. The Morgan fingerprint density at radius 3 is 2.83 bits per heavy atom. The molecule has 0 saturated carbocycles. The fraction of sp³-hybridized carbons (Fsp3) is 0.308. The highest BCUT2D eigenvalue weighted by molar-refractivity contribution is 7.11. The molecular weight excluding hydrogens is 254 g/mol. The van der Waals surface area contributed by atoms with E-state index < -0.39 is 11.6 Å². The van der Waals surface area contributed by atoms with Gasteiger partial charge in [0, 0.05) is 29.2 Å². The van der Waals surface area contributed by atoms with Crippen molar-refractivity contribution in [2.24, 2.45) is 0 Å². The molecule has 2 nitrogen and oxygen atoms in total. The first-order chi connectivity index (χ1) is 8.56. The van der Waals surface area contributed by atoms with Crippen LogP contribution >= 0.6 is 11.3 Å². The minimum absolute atomic E-state index is 0.259. The van der Waals surface area contributed by atoms with Gasteiger partial charge in [-0.15, -0.1) is 11.3 Å². The first-order valence-corrected chi connectivity index (χ1v) is 6.47. The van der Waals surface area contributed by atoms with E-state index in [1.165, 1.54) is 6.07 Å². The molecule has 2 rings (SSSR count). The maximum atomic E-state index is 13.5. The molecule has 0 amide bonds. The van der Waals surface area contributed by atoms with Crippen LogP contribution in [-0.2, 0) is 6.54 Å². The second kappa shape index (κ2) is 5.54. The van der Waals surface area contributed by atoms with Gasteiger partial charge in [-0.1, -0.05) is 0 Å². The highest BCUT2D eigenvalue weighted by atomic mass is 32.1. The van der Waals surface area contributed by atoms with Crippen LogP contribution in [0.3, 0.4) is 0 Å². The van der Waals surface area contributed by atoms with Gasteiger partial charge in [0.05, 0.1) is 0 Å². The summed E-state index contributed by atoms with van der Waals surface area (Å²) >= 11 is 1.59. The molecule has 5 heteroatoms. The summed E-state index contributed by atoms with van der Waals surface area (Å²) in [5, 5.41) is 4.08. The van der Waals surface area contributed by atoms with Crippen LogP contribution in [0, 0.1) is 18.6 Å². The minimum Gasteiger partial charge on any atom is -0.304 e. The molecule has 0 spiro atoms. The predicted octanol–water partition coefficient (Wildman–Crippen LogP) is 3.58. The lowest BCUT2D eigenvalue weighted by molar-refractivity contribution is 0.518. The van der Waals surface area contributed by atoms with Crippen LogP contribution in [0.15, 0.2) is 24.4 Å². The standard InChI is InChI=1S/C13H14F2N2S/c1-8-6-17-13(18-8)7-16-9(2)11-5-10(14)3-4-12(11)15/h3-6,9,16H,7H2,1-2H3. The highest BCUT2D eigenvalue weighted by Crippen LogP contribution is 2.19. The average Bonchev–Trinajstić information content (AvgIpc) is 2.75. The molecule has 1 aromatic carbocycles. The molecule has 1 heterocycles. The van der Waals surface area contributed by atoms with Crippen molar-refractivity contribution >= 4 is 11.3 Å². The smallest absolute Gasteiger partial charge is 0.128 e. The number of thiazole rings is 1. The van der Waals surface area contributed by atoms with Gasteiger partial charge in [0.1, 0.15) is 16.6 Å². The quantitative estimate of drug-likeness (QED) is 0.916. The molecule has 0 aliphatic carbocycles. The second-order valence-electron chi connectivity index (χ2n) is 4.13. The zero-order valence-corrected chi connectivity index (χ0v) is 11.0. The molecule has 1 unspecified atom stereocenters. The fourth-order valence-electron chi connectivity index (χ4n) is 1.68. The molecule has 0 bridgehead atoms. The summed E-state index contributed by atoms with van der Waals surface area (Å²) in [6.07, 6.45) is 1.80. The van der Waals surface area contributed by atoms with Crippen molar-refractivity contribution in [3.05, 3.63) is 51.5 Å². The highest BCUT2D eigenvalue weighted by Gasteiger charge is 2.12. The maximum absolute atomic E-state index is 13.5. The Morgan fingerprint density at radius 1 is 1.39 bits per heavy atom.